The Bertz CT molecular complexity index is 723. The Labute approximate surface area is 161 Å². The van der Waals surface area contributed by atoms with E-state index in [1.807, 2.05) is 0 Å². The van der Waals surface area contributed by atoms with Gasteiger partial charge in [0.05, 0.1) is 16.9 Å². The molecule has 8 heteroatoms. The van der Waals surface area contributed by atoms with E-state index in [0.29, 0.717) is 24.8 Å². The van der Waals surface area contributed by atoms with Crippen molar-refractivity contribution in [1.82, 2.24) is 10.6 Å². The average molecular weight is 403 g/mol. The van der Waals surface area contributed by atoms with Crippen molar-refractivity contribution in [2.75, 3.05) is 32.5 Å². The molecule has 0 aromatic heterocycles. The summed E-state index contributed by atoms with van der Waals surface area (Å²) >= 11 is 0. The van der Waals surface area contributed by atoms with Crippen LogP contribution < -0.4 is 15.4 Å². The van der Waals surface area contributed by atoms with Gasteiger partial charge in [0.15, 0.2) is 9.84 Å². The van der Waals surface area contributed by atoms with Gasteiger partial charge in [-0.3, -0.25) is 4.79 Å². The molecule has 0 radical (unpaired) electrons. The number of ether oxygens (including phenoxy) is 1. The van der Waals surface area contributed by atoms with Crippen molar-refractivity contribution in [3.63, 3.8) is 0 Å². The van der Waals surface area contributed by atoms with Crippen molar-refractivity contribution in [2.45, 2.75) is 30.6 Å². The number of hydrogen-bond acceptors (Lipinski definition) is 5. The molecule has 2 atom stereocenters. The van der Waals surface area contributed by atoms with Crippen LogP contribution in [0.3, 0.4) is 0 Å². The number of fused-ring (bicyclic) bond motifs is 1. The molecule has 1 aliphatic carbocycles. The van der Waals surface area contributed by atoms with Gasteiger partial charge in [-0.1, -0.05) is 12.8 Å². The number of carbonyl (C=O) groups is 1. The van der Waals surface area contributed by atoms with Crippen LogP contribution in [-0.2, 0) is 14.6 Å². The molecule has 26 heavy (non-hydrogen) atoms. The molecule has 146 valence electrons. The van der Waals surface area contributed by atoms with E-state index < -0.39 is 9.84 Å². The van der Waals surface area contributed by atoms with Gasteiger partial charge in [0.1, 0.15) is 12.4 Å². The van der Waals surface area contributed by atoms with Crippen molar-refractivity contribution in [3.05, 3.63) is 24.3 Å². The summed E-state index contributed by atoms with van der Waals surface area (Å²) in [7, 11) is -3.20. The van der Waals surface area contributed by atoms with Crippen molar-refractivity contribution in [3.8, 4) is 5.75 Å². The first-order chi connectivity index (χ1) is 11.9. The van der Waals surface area contributed by atoms with Gasteiger partial charge in [-0.05, 0) is 49.6 Å². The molecule has 1 aromatic carbocycles. The van der Waals surface area contributed by atoms with Crippen LogP contribution in [0.15, 0.2) is 29.2 Å². The zero-order chi connectivity index (χ0) is 17.9. The molecule has 3 rings (SSSR count). The third-order valence-corrected chi connectivity index (χ3v) is 6.53. The summed E-state index contributed by atoms with van der Waals surface area (Å²) in [6, 6.07) is 6.32. The lowest BCUT2D eigenvalue weighted by Crippen LogP contribution is -2.48. The highest BCUT2D eigenvalue weighted by molar-refractivity contribution is 7.90. The van der Waals surface area contributed by atoms with Crippen LogP contribution in [-0.4, -0.2) is 46.8 Å². The van der Waals surface area contributed by atoms with Gasteiger partial charge < -0.3 is 15.4 Å². The molecule has 1 heterocycles. The predicted molar refractivity (Wildman–Crippen MR) is 103 cm³/mol. The minimum atomic E-state index is -3.20. The second kappa shape index (κ2) is 8.59. The van der Waals surface area contributed by atoms with Crippen LogP contribution in [0.2, 0.25) is 0 Å². The van der Waals surface area contributed by atoms with Crippen molar-refractivity contribution in [2.24, 2.45) is 11.3 Å². The maximum Gasteiger partial charge on any atom is 0.227 e. The van der Waals surface area contributed by atoms with Crippen LogP contribution in [0.4, 0.5) is 0 Å². The topological polar surface area (TPSA) is 84.5 Å². The largest absolute Gasteiger partial charge is 0.492 e. The molecule has 6 nitrogen and oxygen atoms in total. The van der Waals surface area contributed by atoms with E-state index >= 15 is 0 Å². The molecule has 1 saturated heterocycles. The number of hydrogen-bond donors (Lipinski definition) is 2. The molecular weight excluding hydrogens is 376 g/mol. The van der Waals surface area contributed by atoms with E-state index in [4.69, 9.17) is 4.74 Å². The molecule has 0 unspecified atom stereocenters. The number of nitrogens with one attached hydrogen (secondary N) is 2. The SMILES string of the molecule is CS(=O)(=O)c1ccc(OCCNC(=O)[C@@]23CCCC[C@H]2CNC3)cc1.Cl. The molecule has 0 spiro atoms. The number of amides is 1. The van der Waals surface area contributed by atoms with Crippen LogP contribution in [0.5, 0.6) is 5.75 Å². The van der Waals surface area contributed by atoms with Crippen molar-refractivity contribution in [1.29, 1.82) is 0 Å². The van der Waals surface area contributed by atoms with Gasteiger partial charge in [0.25, 0.3) is 0 Å². The summed E-state index contributed by atoms with van der Waals surface area (Å²) in [5.41, 5.74) is -0.241. The number of carbonyl (C=O) groups excluding carboxylic acids is 1. The second-order valence-corrected chi connectivity index (χ2v) is 9.09. The first-order valence-corrected chi connectivity index (χ1v) is 10.7. The molecule has 1 aromatic rings. The van der Waals surface area contributed by atoms with Crippen LogP contribution in [0, 0.1) is 11.3 Å². The van der Waals surface area contributed by atoms with Crippen LogP contribution >= 0.6 is 12.4 Å². The Morgan fingerprint density at radius 1 is 1.31 bits per heavy atom. The minimum absolute atomic E-state index is 0. The van der Waals surface area contributed by atoms with Gasteiger partial charge in [0.2, 0.25) is 5.91 Å². The fourth-order valence-corrected chi connectivity index (χ4v) is 4.61. The average Bonchev–Trinajstić information content (AvgIpc) is 3.03. The summed E-state index contributed by atoms with van der Waals surface area (Å²) in [4.78, 5) is 13.0. The molecular formula is C18H27ClN2O4S. The number of sulfone groups is 1. The van der Waals surface area contributed by atoms with E-state index in [2.05, 4.69) is 10.6 Å². The zero-order valence-electron chi connectivity index (χ0n) is 15.0. The minimum Gasteiger partial charge on any atom is -0.492 e. The first kappa shape index (κ1) is 21.0. The standard InChI is InChI=1S/C18H26N2O4S.ClH/c1-25(22,23)16-7-5-15(6-8-16)24-11-10-20-17(21)18-9-3-2-4-14(18)12-19-13-18;/h5-8,14,19H,2-4,9-13H2,1H3,(H,20,21);1H/t14-,18+;/m0./s1. The first-order valence-electron chi connectivity index (χ1n) is 8.84. The van der Waals surface area contributed by atoms with E-state index in [-0.39, 0.29) is 28.6 Å². The van der Waals surface area contributed by atoms with Crippen molar-refractivity contribution < 1.29 is 17.9 Å². The van der Waals surface area contributed by atoms with Gasteiger partial charge in [0, 0.05) is 12.8 Å². The summed E-state index contributed by atoms with van der Waals surface area (Å²) in [6.45, 7) is 2.52. The van der Waals surface area contributed by atoms with Crippen molar-refractivity contribution >= 4 is 28.2 Å². The molecule has 1 saturated carbocycles. The van der Waals surface area contributed by atoms with Gasteiger partial charge in [-0.25, -0.2) is 8.42 Å². The van der Waals surface area contributed by atoms with Crippen LogP contribution in [0.25, 0.3) is 0 Å². The number of benzene rings is 1. The summed E-state index contributed by atoms with van der Waals surface area (Å²) < 4.78 is 28.4. The maximum atomic E-state index is 12.7. The van der Waals surface area contributed by atoms with E-state index in [1.165, 1.54) is 24.8 Å². The quantitative estimate of drug-likeness (QED) is 0.708. The Morgan fingerprint density at radius 2 is 2.04 bits per heavy atom. The summed E-state index contributed by atoms with van der Waals surface area (Å²) in [5, 5.41) is 6.40. The molecule has 2 aliphatic rings. The molecule has 1 aliphatic heterocycles. The normalized spacial score (nSPS) is 25.0. The van der Waals surface area contributed by atoms with Crippen LogP contribution in [0.1, 0.15) is 25.7 Å². The molecule has 0 bridgehead atoms. The molecule has 2 N–H and O–H groups in total. The lowest BCUT2D eigenvalue weighted by Gasteiger charge is -2.37. The Kier molecular flexibility index (Phi) is 6.93. The Morgan fingerprint density at radius 3 is 2.73 bits per heavy atom. The fraction of sp³-hybridized carbons (Fsp3) is 0.611. The number of halogens is 1. The fourth-order valence-electron chi connectivity index (χ4n) is 3.98. The lowest BCUT2D eigenvalue weighted by molar-refractivity contribution is -0.134. The highest BCUT2D eigenvalue weighted by atomic mass is 35.5. The Balaban J connectivity index is 0.00000243. The van der Waals surface area contributed by atoms with E-state index in [1.54, 1.807) is 12.1 Å². The zero-order valence-corrected chi connectivity index (χ0v) is 16.6. The number of rotatable bonds is 6. The lowest BCUT2D eigenvalue weighted by atomic mass is 9.67. The van der Waals surface area contributed by atoms with Gasteiger partial charge >= 0.3 is 0 Å². The maximum absolute atomic E-state index is 12.7. The monoisotopic (exact) mass is 402 g/mol. The van der Waals surface area contributed by atoms with Gasteiger partial charge in [-0.2, -0.15) is 0 Å². The Hall–Kier alpha value is -1.31. The molecule has 1 amide bonds. The third kappa shape index (κ3) is 4.50. The predicted octanol–water partition coefficient (Wildman–Crippen LogP) is 1.79. The third-order valence-electron chi connectivity index (χ3n) is 5.40. The van der Waals surface area contributed by atoms with E-state index in [0.717, 1.165) is 32.4 Å². The molecule has 2 fully saturated rings. The van der Waals surface area contributed by atoms with E-state index in [9.17, 15) is 13.2 Å². The highest BCUT2D eigenvalue weighted by Gasteiger charge is 2.49. The smallest absolute Gasteiger partial charge is 0.227 e. The summed E-state index contributed by atoms with van der Waals surface area (Å²) in [5.74, 6) is 1.18. The van der Waals surface area contributed by atoms with Gasteiger partial charge in [-0.15, -0.1) is 12.4 Å². The highest BCUT2D eigenvalue weighted by Crippen LogP contribution is 2.43. The summed E-state index contributed by atoms with van der Waals surface area (Å²) in [6.07, 6.45) is 5.60. The second-order valence-electron chi connectivity index (χ2n) is 7.08.